The van der Waals surface area contributed by atoms with Crippen LogP contribution in [0.25, 0.3) is 0 Å². The third kappa shape index (κ3) is 4.65. The summed E-state index contributed by atoms with van der Waals surface area (Å²) >= 11 is 6.15. The molecule has 0 spiro atoms. The average Bonchev–Trinajstić information content (AvgIpc) is 2.35. The predicted molar refractivity (Wildman–Crippen MR) is 81.9 cm³/mol. The molecule has 0 amide bonds. The molecule has 0 saturated carbocycles. The lowest BCUT2D eigenvalue weighted by Gasteiger charge is -2.32. The second-order valence-corrected chi connectivity index (χ2v) is 6.21. The van der Waals surface area contributed by atoms with Gasteiger partial charge < -0.3 is 14.4 Å². The average molecular weight is 299 g/mol. The molecule has 0 aliphatic carbocycles. The number of rotatable bonds is 5. The molecule has 0 bridgehead atoms. The topological polar surface area (TPSA) is 22.9 Å². The zero-order valence-electron chi connectivity index (χ0n) is 12.6. The Kier molecular flexibility index (Phi) is 5.70. The second-order valence-electron chi connectivity index (χ2n) is 5.80. The van der Waals surface area contributed by atoms with Gasteiger partial charge in [0.15, 0.2) is 0 Å². The van der Waals surface area contributed by atoms with Gasteiger partial charge in [0, 0.05) is 6.42 Å². The predicted octanol–water partition coefficient (Wildman–Crippen LogP) is 2.11. The Bertz CT molecular complexity index is 428. The van der Waals surface area contributed by atoms with Crippen LogP contribution in [0.15, 0.2) is 18.2 Å². The summed E-state index contributed by atoms with van der Waals surface area (Å²) in [6.45, 7) is 10.4. The molecule has 0 aromatic heterocycles. The lowest BCUT2D eigenvalue weighted by atomic mass is 10.2. The fourth-order valence-corrected chi connectivity index (χ4v) is 3.11. The van der Waals surface area contributed by atoms with Gasteiger partial charge in [0.2, 0.25) is 0 Å². The van der Waals surface area contributed by atoms with Crippen LogP contribution in [-0.4, -0.2) is 38.4 Å². The van der Waals surface area contributed by atoms with Crippen LogP contribution in [0.3, 0.4) is 0 Å². The van der Waals surface area contributed by atoms with Crippen LogP contribution >= 0.6 is 11.6 Å². The molecule has 1 N–H and O–H groups in total. The monoisotopic (exact) mass is 298 g/mol. The molecule has 2 atom stereocenters. The number of benzene rings is 1. The highest BCUT2D eigenvalue weighted by atomic mass is 35.5. The van der Waals surface area contributed by atoms with E-state index in [2.05, 4.69) is 13.8 Å². The first-order chi connectivity index (χ1) is 9.54. The summed E-state index contributed by atoms with van der Waals surface area (Å²) in [5, 5.41) is 0.700. The fourth-order valence-electron chi connectivity index (χ4n) is 2.82. The normalized spacial score (nSPS) is 26.5. The number of morpholine rings is 1. The molecule has 1 aromatic carbocycles. The minimum Gasteiger partial charge on any atom is -0.492 e. The number of hydrogen-bond donors (Lipinski definition) is 1. The van der Waals surface area contributed by atoms with E-state index in [0.29, 0.717) is 17.2 Å². The van der Waals surface area contributed by atoms with Crippen molar-refractivity contribution >= 4 is 11.6 Å². The summed E-state index contributed by atoms with van der Waals surface area (Å²) < 4.78 is 11.5. The lowest BCUT2D eigenvalue weighted by Crippen LogP contribution is -3.15. The van der Waals surface area contributed by atoms with E-state index < -0.39 is 0 Å². The van der Waals surface area contributed by atoms with E-state index in [-0.39, 0.29) is 0 Å². The van der Waals surface area contributed by atoms with Crippen LogP contribution in [0.1, 0.15) is 25.8 Å². The van der Waals surface area contributed by atoms with Crippen LogP contribution in [0.4, 0.5) is 0 Å². The third-order valence-corrected chi connectivity index (χ3v) is 3.93. The first kappa shape index (κ1) is 15.6. The Morgan fingerprint density at radius 2 is 2.00 bits per heavy atom. The summed E-state index contributed by atoms with van der Waals surface area (Å²) in [6, 6.07) is 5.91. The number of hydrogen-bond acceptors (Lipinski definition) is 2. The molecule has 112 valence electrons. The van der Waals surface area contributed by atoms with E-state index in [4.69, 9.17) is 21.1 Å². The molecule has 20 heavy (non-hydrogen) atoms. The quantitative estimate of drug-likeness (QED) is 0.842. The summed E-state index contributed by atoms with van der Waals surface area (Å²) in [6.07, 6.45) is 1.77. The van der Waals surface area contributed by atoms with Gasteiger partial charge in [0.05, 0.1) is 18.2 Å². The zero-order valence-corrected chi connectivity index (χ0v) is 13.4. The van der Waals surface area contributed by atoms with Crippen LogP contribution in [0.5, 0.6) is 5.75 Å². The van der Waals surface area contributed by atoms with Crippen molar-refractivity contribution in [2.75, 3.05) is 26.2 Å². The van der Waals surface area contributed by atoms with Crippen molar-refractivity contribution in [1.82, 2.24) is 0 Å². The van der Waals surface area contributed by atoms with E-state index in [9.17, 15) is 0 Å². The van der Waals surface area contributed by atoms with Crippen LogP contribution < -0.4 is 9.64 Å². The molecule has 1 fully saturated rings. The lowest BCUT2D eigenvalue weighted by molar-refractivity contribution is -0.915. The van der Waals surface area contributed by atoms with Crippen LogP contribution in [0, 0.1) is 6.92 Å². The van der Waals surface area contributed by atoms with E-state index >= 15 is 0 Å². The van der Waals surface area contributed by atoms with Crippen molar-refractivity contribution in [1.29, 1.82) is 0 Å². The number of quaternary nitrogens is 1. The molecule has 1 aliphatic heterocycles. The van der Waals surface area contributed by atoms with E-state index in [1.807, 2.05) is 25.1 Å². The van der Waals surface area contributed by atoms with Crippen molar-refractivity contribution in [2.45, 2.75) is 39.4 Å². The second kappa shape index (κ2) is 7.30. The van der Waals surface area contributed by atoms with Crippen molar-refractivity contribution in [3.05, 3.63) is 28.8 Å². The molecule has 1 saturated heterocycles. The Hall–Kier alpha value is -0.770. The van der Waals surface area contributed by atoms with Crippen LogP contribution in [-0.2, 0) is 4.74 Å². The molecular formula is C16H25ClNO2+. The first-order valence-corrected chi connectivity index (χ1v) is 7.80. The van der Waals surface area contributed by atoms with Gasteiger partial charge in [-0.05, 0) is 38.5 Å². The summed E-state index contributed by atoms with van der Waals surface area (Å²) in [5.74, 6) is 0.788. The third-order valence-electron chi connectivity index (χ3n) is 3.64. The molecular weight excluding hydrogens is 274 g/mol. The smallest absolute Gasteiger partial charge is 0.137 e. The Labute approximate surface area is 126 Å². The largest absolute Gasteiger partial charge is 0.492 e. The molecule has 1 heterocycles. The highest BCUT2D eigenvalue weighted by Gasteiger charge is 2.24. The Balaban J connectivity index is 1.71. The van der Waals surface area contributed by atoms with Crippen molar-refractivity contribution < 1.29 is 14.4 Å². The van der Waals surface area contributed by atoms with E-state index in [0.717, 1.165) is 44.0 Å². The van der Waals surface area contributed by atoms with Crippen molar-refractivity contribution in [3.63, 3.8) is 0 Å². The zero-order chi connectivity index (χ0) is 14.5. The SMILES string of the molecule is Cc1ccc(OCCC[NH+]2C[C@@H](C)O[C@H](C)C2)c(Cl)c1. The Morgan fingerprint density at radius 3 is 2.65 bits per heavy atom. The van der Waals surface area contributed by atoms with Gasteiger partial charge in [-0.15, -0.1) is 0 Å². The minimum atomic E-state index is 0.362. The number of nitrogens with one attached hydrogen (secondary N) is 1. The van der Waals surface area contributed by atoms with Crippen molar-refractivity contribution in [3.8, 4) is 5.75 Å². The number of ether oxygens (including phenoxy) is 2. The highest BCUT2D eigenvalue weighted by Crippen LogP contribution is 2.25. The molecule has 0 radical (unpaired) electrons. The maximum absolute atomic E-state index is 6.15. The molecule has 3 nitrogen and oxygen atoms in total. The Morgan fingerprint density at radius 1 is 1.30 bits per heavy atom. The molecule has 4 heteroatoms. The van der Waals surface area contributed by atoms with E-state index in [1.165, 1.54) is 0 Å². The summed E-state index contributed by atoms with van der Waals surface area (Å²) in [7, 11) is 0. The first-order valence-electron chi connectivity index (χ1n) is 7.42. The summed E-state index contributed by atoms with van der Waals surface area (Å²) in [5.41, 5.74) is 1.16. The number of aryl methyl sites for hydroxylation is 1. The van der Waals surface area contributed by atoms with Gasteiger partial charge in [-0.2, -0.15) is 0 Å². The van der Waals surface area contributed by atoms with Gasteiger partial charge in [0.25, 0.3) is 0 Å². The molecule has 0 unspecified atom stereocenters. The van der Waals surface area contributed by atoms with Gasteiger partial charge in [0.1, 0.15) is 31.0 Å². The highest BCUT2D eigenvalue weighted by molar-refractivity contribution is 6.32. The minimum absolute atomic E-state index is 0.362. The number of halogens is 1. The van der Waals surface area contributed by atoms with Crippen LogP contribution in [0.2, 0.25) is 5.02 Å². The van der Waals surface area contributed by atoms with Gasteiger partial charge >= 0.3 is 0 Å². The maximum atomic E-state index is 6.15. The molecule has 1 aromatic rings. The summed E-state index contributed by atoms with van der Waals surface area (Å²) in [4.78, 5) is 1.61. The van der Waals surface area contributed by atoms with Gasteiger partial charge in [-0.1, -0.05) is 17.7 Å². The molecule has 2 rings (SSSR count). The van der Waals surface area contributed by atoms with E-state index in [1.54, 1.807) is 4.90 Å². The molecule has 1 aliphatic rings. The van der Waals surface area contributed by atoms with Gasteiger partial charge in [-0.3, -0.25) is 0 Å². The van der Waals surface area contributed by atoms with Gasteiger partial charge in [-0.25, -0.2) is 0 Å². The fraction of sp³-hybridized carbons (Fsp3) is 0.625. The van der Waals surface area contributed by atoms with Crippen molar-refractivity contribution in [2.24, 2.45) is 0 Å². The standard InChI is InChI=1S/C16H24ClNO2/c1-12-5-6-16(15(17)9-12)19-8-4-7-18-10-13(2)20-14(3)11-18/h5-6,9,13-14H,4,7-8,10-11H2,1-3H3/p+1/t13-,14-/m1/s1. The maximum Gasteiger partial charge on any atom is 0.137 e.